The van der Waals surface area contributed by atoms with Crippen molar-refractivity contribution in [1.29, 1.82) is 0 Å². The Labute approximate surface area is 156 Å². The number of fused-ring (bicyclic) bond motifs is 1. The van der Waals surface area contributed by atoms with Crippen molar-refractivity contribution in [2.75, 3.05) is 31.6 Å². The number of para-hydroxylation sites is 1. The molecule has 1 saturated heterocycles. The van der Waals surface area contributed by atoms with E-state index in [1.807, 2.05) is 41.3 Å². The number of morpholine rings is 1. The van der Waals surface area contributed by atoms with E-state index in [9.17, 15) is 9.59 Å². The molecule has 2 heterocycles. The van der Waals surface area contributed by atoms with Crippen LogP contribution < -0.4 is 5.32 Å². The molecule has 4 rings (SSSR count). The van der Waals surface area contributed by atoms with Gasteiger partial charge in [-0.2, -0.15) is 0 Å². The number of carbonyl (C=O) groups excluding carboxylic acids is 2. The predicted octanol–water partition coefficient (Wildman–Crippen LogP) is 3.09. The molecule has 6 heteroatoms. The van der Waals surface area contributed by atoms with Crippen molar-refractivity contribution in [3.63, 3.8) is 0 Å². The number of ether oxygens (including phenoxy) is 1. The van der Waals surface area contributed by atoms with Crippen LogP contribution in [0, 0.1) is 0 Å². The number of hydrogen-bond donors (Lipinski definition) is 1. The molecule has 138 valence electrons. The molecule has 1 aromatic heterocycles. The summed E-state index contributed by atoms with van der Waals surface area (Å²) in [7, 11) is 0. The first-order valence-electron chi connectivity index (χ1n) is 8.93. The lowest BCUT2D eigenvalue weighted by molar-refractivity contribution is -0.134. The normalized spacial score (nSPS) is 14.3. The van der Waals surface area contributed by atoms with Crippen LogP contribution in [0.5, 0.6) is 0 Å². The summed E-state index contributed by atoms with van der Waals surface area (Å²) < 4.78 is 10.8. The summed E-state index contributed by atoms with van der Waals surface area (Å²) in [6.45, 7) is 2.48. The van der Waals surface area contributed by atoms with Gasteiger partial charge >= 0.3 is 0 Å². The van der Waals surface area contributed by atoms with Crippen LogP contribution in [0.25, 0.3) is 11.0 Å². The molecule has 1 aliphatic rings. The highest BCUT2D eigenvalue weighted by Crippen LogP contribution is 2.20. The highest BCUT2D eigenvalue weighted by atomic mass is 16.5. The van der Waals surface area contributed by atoms with E-state index in [1.54, 1.807) is 18.2 Å². The monoisotopic (exact) mass is 364 g/mol. The highest BCUT2D eigenvalue weighted by molar-refractivity contribution is 6.04. The summed E-state index contributed by atoms with van der Waals surface area (Å²) in [5, 5.41) is 3.71. The van der Waals surface area contributed by atoms with E-state index in [1.165, 1.54) is 0 Å². The first kappa shape index (κ1) is 17.3. The average molecular weight is 364 g/mol. The SMILES string of the molecule is O=C(Nc1ccc(CC(=O)N2CCOCC2)cc1)c1cc2ccccc2o1. The van der Waals surface area contributed by atoms with Gasteiger partial charge in [0.05, 0.1) is 19.6 Å². The Balaban J connectivity index is 1.38. The second-order valence-electron chi connectivity index (χ2n) is 6.47. The largest absolute Gasteiger partial charge is 0.451 e. The number of amides is 2. The minimum Gasteiger partial charge on any atom is -0.451 e. The number of furan rings is 1. The van der Waals surface area contributed by atoms with Gasteiger partial charge in [0, 0.05) is 24.2 Å². The number of nitrogens with one attached hydrogen (secondary N) is 1. The summed E-state index contributed by atoms with van der Waals surface area (Å²) in [5.41, 5.74) is 2.25. The van der Waals surface area contributed by atoms with Crippen LogP contribution in [0.2, 0.25) is 0 Å². The van der Waals surface area contributed by atoms with Crippen molar-refractivity contribution in [2.24, 2.45) is 0 Å². The zero-order valence-corrected chi connectivity index (χ0v) is 14.8. The van der Waals surface area contributed by atoms with Crippen LogP contribution in [0.1, 0.15) is 16.1 Å². The summed E-state index contributed by atoms with van der Waals surface area (Å²) in [4.78, 5) is 26.5. The van der Waals surface area contributed by atoms with Gasteiger partial charge in [0.25, 0.3) is 5.91 Å². The maximum atomic E-state index is 12.4. The Hall–Kier alpha value is -3.12. The van der Waals surface area contributed by atoms with Crippen LogP contribution in [0.15, 0.2) is 59.0 Å². The average Bonchev–Trinajstić information content (AvgIpc) is 3.14. The zero-order valence-electron chi connectivity index (χ0n) is 14.8. The van der Waals surface area contributed by atoms with Gasteiger partial charge < -0.3 is 19.4 Å². The van der Waals surface area contributed by atoms with Gasteiger partial charge in [0.1, 0.15) is 5.58 Å². The Bertz CT molecular complexity index is 923. The summed E-state index contributed by atoms with van der Waals surface area (Å²) in [6, 6.07) is 16.5. The lowest BCUT2D eigenvalue weighted by atomic mass is 10.1. The third-order valence-electron chi connectivity index (χ3n) is 4.58. The summed E-state index contributed by atoms with van der Waals surface area (Å²) in [5.74, 6) is 0.0588. The number of rotatable bonds is 4. The third-order valence-corrected chi connectivity index (χ3v) is 4.58. The van der Waals surface area contributed by atoms with Gasteiger partial charge in [0.15, 0.2) is 5.76 Å². The molecule has 2 aromatic carbocycles. The molecule has 6 nitrogen and oxygen atoms in total. The van der Waals surface area contributed by atoms with Crippen molar-refractivity contribution in [1.82, 2.24) is 4.90 Å². The van der Waals surface area contributed by atoms with Crippen LogP contribution in [-0.4, -0.2) is 43.0 Å². The van der Waals surface area contributed by atoms with Gasteiger partial charge in [0.2, 0.25) is 5.91 Å². The molecule has 1 fully saturated rings. The molecule has 3 aromatic rings. The van der Waals surface area contributed by atoms with E-state index in [2.05, 4.69) is 5.32 Å². The molecular weight excluding hydrogens is 344 g/mol. The zero-order chi connectivity index (χ0) is 18.6. The quantitative estimate of drug-likeness (QED) is 0.772. The van der Waals surface area contributed by atoms with Crippen molar-refractivity contribution >= 4 is 28.5 Å². The van der Waals surface area contributed by atoms with Crippen molar-refractivity contribution < 1.29 is 18.7 Å². The van der Waals surface area contributed by atoms with E-state index in [4.69, 9.17) is 9.15 Å². The second kappa shape index (κ2) is 7.63. The van der Waals surface area contributed by atoms with Crippen LogP contribution in [-0.2, 0) is 16.0 Å². The van der Waals surface area contributed by atoms with Crippen LogP contribution in [0.3, 0.4) is 0 Å². The van der Waals surface area contributed by atoms with Gasteiger partial charge in [-0.15, -0.1) is 0 Å². The minimum atomic E-state index is -0.302. The molecule has 0 aliphatic carbocycles. The molecule has 0 saturated carbocycles. The fourth-order valence-corrected chi connectivity index (χ4v) is 3.09. The molecule has 0 atom stereocenters. The molecular formula is C21H20N2O4. The lowest BCUT2D eigenvalue weighted by Crippen LogP contribution is -2.41. The number of benzene rings is 2. The summed E-state index contributed by atoms with van der Waals surface area (Å²) >= 11 is 0. The van der Waals surface area contributed by atoms with E-state index in [0.717, 1.165) is 10.9 Å². The molecule has 0 unspecified atom stereocenters. The van der Waals surface area contributed by atoms with Gasteiger partial charge in [-0.05, 0) is 29.8 Å². The molecule has 1 N–H and O–H groups in total. The third kappa shape index (κ3) is 4.01. The first-order valence-corrected chi connectivity index (χ1v) is 8.93. The fraction of sp³-hybridized carbons (Fsp3) is 0.238. The van der Waals surface area contributed by atoms with Gasteiger partial charge in [-0.25, -0.2) is 0 Å². The maximum Gasteiger partial charge on any atom is 0.291 e. The number of nitrogens with zero attached hydrogens (tertiary/aromatic N) is 1. The Morgan fingerprint density at radius 2 is 1.74 bits per heavy atom. The Kier molecular flexibility index (Phi) is 4.89. The van der Waals surface area contributed by atoms with Crippen molar-refractivity contribution in [3.05, 3.63) is 65.9 Å². The topological polar surface area (TPSA) is 71.8 Å². The van der Waals surface area contributed by atoms with Crippen molar-refractivity contribution in [2.45, 2.75) is 6.42 Å². The molecule has 1 aliphatic heterocycles. The fourth-order valence-electron chi connectivity index (χ4n) is 3.09. The molecule has 0 bridgehead atoms. The van der Waals surface area contributed by atoms with E-state index >= 15 is 0 Å². The maximum absolute atomic E-state index is 12.4. The Morgan fingerprint density at radius 3 is 2.48 bits per heavy atom. The smallest absolute Gasteiger partial charge is 0.291 e. The number of carbonyl (C=O) groups is 2. The first-order chi connectivity index (χ1) is 13.2. The predicted molar refractivity (Wildman–Crippen MR) is 102 cm³/mol. The van der Waals surface area contributed by atoms with Gasteiger partial charge in [-0.3, -0.25) is 9.59 Å². The highest BCUT2D eigenvalue weighted by Gasteiger charge is 2.17. The molecule has 0 radical (unpaired) electrons. The van der Waals surface area contributed by atoms with Gasteiger partial charge in [-0.1, -0.05) is 30.3 Å². The standard InChI is InChI=1S/C21H20N2O4/c24-20(23-9-11-26-12-10-23)13-15-5-7-17(8-6-15)22-21(25)19-14-16-3-1-2-4-18(16)27-19/h1-8,14H,9-13H2,(H,22,25). The van der Waals surface area contributed by atoms with Crippen molar-refractivity contribution in [3.8, 4) is 0 Å². The minimum absolute atomic E-state index is 0.0948. The number of anilines is 1. The molecule has 27 heavy (non-hydrogen) atoms. The number of hydrogen-bond acceptors (Lipinski definition) is 4. The van der Waals surface area contributed by atoms with E-state index in [0.29, 0.717) is 44.0 Å². The van der Waals surface area contributed by atoms with E-state index < -0.39 is 0 Å². The molecule has 0 spiro atoms. The van der Waals surface area contributed by atoms with E-state index in [-0.39, 0.29) is 17.6 Å². The molecule has 2 amide bonds. The Morgan fingerprint density at radius 1 is 1.00 bits per heavy atom. The van der Waals surface area contributed by atoms with Crippen LogP contribution in [0.4, 0.5) is 5.69 Å². The lowest BCUT2D eigenvalue weighted by Gasteiger charge is -2.26. The second-order valence-corrected chi connectivity index (χ2v) is 6.47. The van der Waals surface area contributed by atoms with Crippen LogP contribution >= 0.6 is 0 Å². The summed E-state index contributed by atoms with van der Waals surface area (Å²) in [6.07, 6.45) is 0.345.